The third-order valence-electron chi connectivity index (χ3n) is 0.682. The maximum atomic E-state index is 10.2. The van der Waals surface area contributed by atoms with E-state index in [2.05, 4.69) is 4.74 Å². The van der Waals surface area contributed by atoms with Gasteiger partial charge in [0.05, 0.1) is 7.11 Å². The Bertz CT molecular complexity index is 63.4. The molecule has 0 saturated heterocycles. The van der Waals surface area contributed by atoms with Crippen molar-refractivity contribution < 1.29 is 26.9 Å². The van der Waals surface area contributed by atoms with E-state index < -0.39 is 0 Å². The number of hydrogen-bond acceptors (Lipinski definition) is 2. The van der Waals surface area contributed by atoms with Gasteiger partial charge in [0.1, 0.15) is 0 Å². The van der Waals surface area contributed by atoms with Crippen molar-refractivity contribution in [1.29, 1.82) is 0 Å². The van der Waals surface area contributed by atoms with Crippen molar-refractivity contribution in [2.24, 2.45) is 0 Å². The molecule has 3 heteroatoms. The predicted octanol–water partition coefficient (Wildman–Crippen LogP) is 0.957. The second-order valence-electron chi connectivity index (χ2n) is 1.33. The van der Waals surface area contributed by atoms with Crippen molar-refractivity contribution >= 4 is 5.97 Å². The summed E-state index contributed by atoms with van der Waals surface area (Å²) in [6, 6.07) is 0. The van der Waals surface area contributed by atoms with Crippen molar-refractivity contribution in [2.75, 3.05) is 7.11 Å². The summed E-state index contributed by atoms with van der Waals surface area (Å²) in [7, 11) is 1.40. The summed E-state index contributed by atoms with van der Waals surface area (Å²) < 4.78 is 4.35. The van der Waals surface area contributed by atoms with Gasteiger partial charge in [0.15, 0.2) is 0 Å². The Morgan fingerprint density at radius 1 is 1.62 bits per heavy atom. The average molecular weight is 154 g/mol. The molecule has 0 bridgehead atoms. The summed E-state index contributed by atoms with van der Waals surface area (Å²) >= 11 is 0. The molecule has 8 heavy (non-hydrogen) atoms. The molecule has 48 valence electrons. The van der Waals surface area contributed by atoms with Crippen LogP contribution in [0.2, 0.25) is 0 Å². The summed E-state index contributed by atoms with van der Waals surface area (Å²) in [6.07, 6.45) is 1.41. The van der Waals surface area contributed by atoms with Gasteiger partial charge in [-0.1, -0.05) is 6.92 Å². The summed E-state index contributed by atoms with van der Waals surface area (Å²) in [4.78, 5) is 10.2. The first-order valence-corrected chi connectivity index (χ1v) is 2.38. The van der Waals surface area contributed by atoms with Crippen LogP contribution in [0.25, 0.3) is 0 Å². The molecule has 0 radical (unpaired) electrons. The quantitative estimate of drug-likeness (QED) is 0.553. The summed E-state index contributed by atoms with van der Waals surface area (Å²) in [5.41, 5.74) is 0. The monoisotopic (exact) mass is 154 g/mol. The van der Waals surface area contributed by atoms with E-state index in [0.29, 0.717) is 6.42 Å². The number of ether oxygens (including phenoxy) is 1. The molecular formula is C5H10CrO2. The van der Waals surface area contributed by atoms with Crippen LogP contribution in [0.3, 0.4) is 0 Å². The Balaban J connectivity index is 0. The van der Waals surface area contributed by atoms with Crippen LogP contribution < -0.4 is 0 Å². The van der Waals surface area contributed by atoms with E-state index >= 15 is 0 Å². The van der Waals surface area contributed by atoms with Crippen molar-refractivity contribution in [3.8, 4) is 0 Å². The third-order valence-corrected chi connectivity index (χ3v) is 0.682. The van der Waals surface area contributed by atoms with Gasteiger partial charge in [-0.05, 0) is 6.42 Å². The van der Waals surface area contributed by atoms with Crippen LogP contribution in [0.4, 0.5) is 0 Å². The average Bonchev–Trinajstić information content (AvgIpc) is 1.68. The summed E-state index contributed by atoms with van der Waals surface area (Å²) in [5.74, 6) is -0.123. The zero-order valence-corrected chi connectivity index (χ0v) is 6.41. The fourth-order valence-corrected chi connectivity index (χ4v) is 0.306. The number of hydrogen-bond donors (Lipinski definition) is 0. The Hall–Kier alpha value is 0.00247. The Morgan fingerprint density at radius 2 is 2.12 bits per heavy atom. The van der Waals surface area contributed by atoms with E-state index in [0.717, 1.165) is 6.42 Å². The maximum Gasteiger partial charge on any atom is 0.305 e. The molecule has 0 saturated carbocycles. The molecule has 0 aliphatic carbocycles. The Labute approximate surface area is 60.3 Å². The molecule has 0 spiro atoms. The van der Waals surface area contributed by atoms with Gasteiger partial charge in [-0.2, -0.15) is 0 Å². The molecule has 0 atom stereocenters. The second kappa shape index (κ2) is 7.00. The minimum Gasteiger partial charge on any atom is -0.469 e. The fraction of sp³-hybridized carbons (Fsp3) is 0.800. The zero-order chi connectivity index (χ0) is 5.70. The molecule has 0 N–H and O–H groups in total. The molecule has 0 aromatic carbocycles. The minimum absolute atomic E-state index is 0. The molecule has 0 heterocycles. The standard InChI is InChI=1S/C5H10O2.Cr/c1-3-4-5(6)7-2;/h3-4H2,1-2H3;. The molecule has 0 aliphatic heterocycles. The maximum absolute atomic E-state index is 10.2. The van der Waals surface area contributed by atoms with Crippen molar-refractivity contribution in [1.82, 2.24) is 0 Å². The molecule has 2 nitrogen and oxygen atoms in total. The topological polar surface area (TPSA) is 26.3 Å². The van der Waals surface area contributed by atoms with Crippen molar-refractivity contribution in [3.63, 3.8) is 0 Å². The second-order valence-corrected chi connectivity index (χ2v) is 1.33. The van der Waals surface area contributed by atoms with Gasteiger partial charge < -0.3 is 4.74 Å². The third kappa shape index (κ3) is 6.00. The smallest absolute Gasteiger partial charge is 0.305 e. The fourth-order valence-electron chi connectivity index (χ4n) is 0.306. The first-order valence-electron chi connectivity index (χ1n) is 2.38. The number of rotatable bonds is 2. The van der Waals surface area contributed by atoms with Gasteiger partial charge in [-0.15, -0.1) is 0 Å². The van der Waals surface area contributed by atoms with Gasteiger partial charge in [0, 0.05) is 23.8 Å². The molecule has 0 fully saturated rings. The van der Waals surface area contributed by atoms with E-state index in [1.54, 1.807) is 0 Å². The largest absolute Gasteiger partial charge is 0.469 e. The van der Waals surface area contributed by atoms with E-state index in [9.17, 15) is 4.79 Å². The normalized spacial score (nSPS) is 7.25. The molecule has 0 unspecified atom stereocenters. The van der Waals surface area contributed by atoms with Gasteiger partial charge >= 0.3 is 5.97 Å². The summed E-state index contributed by atoms with van der Waals surface area (Å²) in [6.45, 7) is 1.94. The van der Waals surface area contributed by atoms with Crippen LogP contribution in [-0.2, 0) is 26.9 Å². The molecule has 0 aromatic rings. The SMILES string of the molecule is CCCC(=O)OC.[Cr]. The van der Waals surface area contributed by atoms with E-state index in [1.807, 2.05) is 6.92 Å². The van der Waals surface area contributed by atoms with Crippen LogP contribution in [0, 0.1) is 0 Å². The van der Waals surface area contributed by atoms with E-state index in [-0.39, 0.29) is 23.3 Å². The van der Waals surface area contributed by atoms with Crippen LogP contribution in [-0.4, -0.2) is 13.1 Å². The summed E-state index contributed by atoms with van der Waals surface area (Å²) in [5, 5.41) is 0. The Morgan fingerprint density at radius 3 is 2.25 bits per heavy atom. The minimum atomic E-state index is -0.123. The van der Waals surface area contributed by atoms with E-state index in [1.165, 1.54) is 7.11 Å². The Kier molecular flexibility index (Phi) is 9.53. The van der Waals surface area contributed by atoms with Crippen LogP contribution >= 0.6 is 0 Å². The number of carbonyl (C=O) groups excluding carboxylic acids is 1. The molecule has 0 aliphatic rings. The van der Waals surface area contributed by atoms with Gasteiger partial charge in [-0.25, -0.2) is 0 Å². The van der Waals surface area contributed by atoms with Crippen LogP contribution in [0.15, 0.2) is 0 Å². The van der Waals surface area contributed by atoms with Crippen LogP contribution in [0.1, 0.15) is 19.8 Å². The van der Waals surface area contributed by atoms with E-state index in [4.69, 9.17) is 0 Å². The van der Waals surface area contributed by atoms with Crippen molar-refractivity contribution in [2.45, 2.75) is 19.8 Å². The van der Waals surface area contributed by atoms with Crippen molar-refractivity contribution in [3.05, 3.63) is 0 Å². The van der Waals surface area contributed by atoms with Gasteiger partial charge in [0.2, 0.25) is 0 Å². The molecule has 0 amide bonds. The van der Waals surface area contributed by atoms with Gasteiger partial charge in [0.25, 0.3) is 0 Å². The number of esters is 1. The zero-order valence-electron chi connectivity index (χ0n) is 5.14. The first kappa shape index (κ1) is 10.9. The van der Waals surface area contributed by atoms with Crippen LogP contribution in [0.5, 0.6) is 0 Å². The molecule has 0 rings (SSSR count). The number of carbonyl (C=O) groups is 1. The van der Waals surface area contributed by atoms with Gasteiger partial charge in [-0.3, -0.25) is 4.79 Å². The first-order chi connectivity index (χ1) is 3.31. The molecule has 0 aromatic heterocycles. The molecular weight excluding hydrogens is 144 g/mol. The number of methoxy groups -OCH3 is 1. The predicted molar refractivity (Wildman–Crippen MR) is 26.9 cm³/mol.